The first-order valence-electron chi connectivity index (χ1n) is 9.63. The van der Waals surface area contributed by atoms with E-state index in [2.05, 4.69) is 31.6 Å². The van der Waals surface area contributed by atoms with E-state index in [-0.39, 0.29) is 6.04 Å². The molecule has 0 radical (unpaired) electrons. The van der Waals surface area contributed by atoms with Crippen molar-refractivity contribution in [3.63, 3.8) is 0 Å². The minimum absolute atomic E-state index is 0.111. The smallest absolute Gasteiger partial charge is 0.475 e. The largest absolute Gasteiger partial charge is 0.490 e. The molecule has 4 rings (SSSR count). The summed E-state index contributed by atoms with van der Waals surface area (Å²) in [5.41, 5.74) is 1.34. The van der Waals surface area contributed by atoms with Crippen LogP contribution in [-0.4, -0.2) is 78.2 Å². The number of hydrogen-bond acceptors (Lipinski definition) is 8. The zero-order valence-corrected chi connectivity index (χ0v) is 17.4. The molecule has 1 atom stereocenters. The second kappa shape index (κ2) is 10.8. The lowest BCUT2D eigenvalue weighted by molar-refractivity contribution is -0.192. The molecule has 2 fully saturated rings. The van der Waals surface area contributed by atoms with Gasteiger partial charge in [0.05, 0.1) is 32.5 Å². The van der Waals surface area contributed by atoms with Crippen LogP contribution in [0.3, 0.4) is 0 Å². The van der Waals surface area contributed by atoms with E-state index in [0.29, 0.717) is 6.61 Å². The number of rotatable bonds is 4. The van der Waals surface area contributed by atoms with Crippen LogP contribution in [0.25, 0.3) is 0 Å². The molecule has 2 aromatic rings. The molecule has 8 nitrogen and oxygen atoms in total. The molecule has 0 spiro atoms. The zero-order valence-electron chi connectivity index (χ0n) is 16.6. The van der Waals surface area contributed by atoms with Crippen LogP contribution >= 0.6 is 11.3 Å². The maximum absolute atomic E-state index is 10.6. The zero-order chi connectivity index (χ0) is 22.3. The molecule has 0 amide bonds. The summed E-state index contributed by atoms with van der Waals surface area (Å²) in [6.45, 7) is 6.54. The molecule has 0 aromatic carbocycles. The standard InChI is InChI=1S/C17H22N4O2S.C2HF3O2/c1-3-18-17(19-16(1)20-4-7-22-8-5-20)15-12-23-9-6-21(15)11-14-2-10-24-13-14;3-2(4,5)1(6)7/h1-3,10,13,15H,4-9,11-12H2;(H,6,7). The number of morpholine rings is 2. The van der Waals surface area contributed by atoms with Crippen molar-refractivity contribution in [2.45, 2.75) is 18.8 Å². The van der Waals surface area contributed by atoms with Crippen LogP contribution in [0, 0.1) is 0 Å². The Morgan fingerprint density at radius 1 is 1.19 bits per heavy atom. The second-order valence-electron chi connectivity index (χ2n) is 6.87. The molecule has 4 heterocycles. The minimum atomic E-state index is -5.08. The lowest BCUT2D eigenvalue weighted by atomic mass is 10.2. The Morgan fingerprint density at radius 3 is 2.55 bits per heavy atom. The first-order valence-corrected chi connectivity index (χ1v) is 10.6. The van der Waals surface area contributed by atoms with Gasteiger partial charge in [-0.05, 0) is 28.5 Å². The van der Waals surface area contributed by atoms with Crippen LogP contribution in [-0.2, 0) is 20.8 Å². The number of nitrogens with zero attached hydrogens (tertiary/aromatic N) is 4. The van der Waals surface area contributed by atoms with Gasteiger partial charge in [0.1, 0.15) is 11.6 Å². The Bertz CT molecular complexity index is 832. The van der Waals surface area contributed by atoms with Gasteiger partial charge in [-0.25, -0.2) is 14.8 Å². The molecule has 2 saturated heterocycles. The number of hydrogen-bond donors (Lipinski definition) is 1. The Morgan fingerprint density at radius 2 is 1.90 bits per heavy atom. The van der Waals surface area contributed by atoms with Gasteiger partial charge in [-0.2, -0.15) is 24.5 Å². The van der Waals surface area contributed by atoms with Crippen LogP contribution < -0.4 is 4.90 Å². The molecule has 1 unspecified atom stereocenters. The highest BCUT2D eigenvalue weighted by atomic mass is 32.1. The van der Waals surface area contributed by atoms with E-state index in [9.17, 15) is 13.2 Å². The highest BCUT2D eigenvalue weighted by Gasteiger charge is 2.38. The Labute approximate surface area is 181 Å². The van der Waals surface area contributed by atoms with E-state index < -0.39 is 12.1 Å². The molecule has 2 aromatic heterocycles. The van der Waals surface area contributed by atoms with E-state index >= 15 is 0 Å². The van der Waals surface area contributed by atoms with Crippen molar-refractivity contribution in [3.05, 3.63) is 40.5 Å². The summed E-state index contributed by atoms with van der Waals surface area (Å²) < 4.78 is 42.9. The van der Waals surface area contributed by atoms with Crippen molar-refractivity contribution < 1.29 is 32.5 Å². The summed E-state index contributed by atoms with van der Waals surface area (Å²) in [6, 6.07) is 4.28. The third-order valence-electron chi connectivity index (χ3n) is 4.74. The number of aliphatic carboxylic acids is 1. The highest BCUT2D eigenvalue weighted by molar-refractivity contribution is 7.07. The number of anilines is 1. The maximum atomic E-state index is 10.6. The van der Waals surface area contributed by atoms with Gasteiger partial charge in [-0.15, -0.1) is 0 Å². The summed E-state index contributed by atoms with van der Waals surface area (Å²) in [6.07, 6.45) is -3.22. The number of thiophene rings is 1. The molecule has 0 bridgehead atoms. The van der Waals surface area contributed by atoms with E-state index in [0.717, 1.165) is 57.6 Å². The number of carbonyl (C=O) groups is 1. The minimum Gasteiger partial charge on any atom is -0.475 e. The van der Waals surface area contributed by atoms with Crippen molar-refractivity contribution >= 4 is 23.1 Å². The van der Waals surface area contributed by atoms with Crippen LogP contribution in [0.1, 0.15) is 17.4 Å². The molecular formula is C19H23F3N4O4S. The molecule has 2 aliphatic heterocycles. The topological polar surface area (TPSA) is 88.0 Å². The molecule has 0 aliphatic carbocycles. The van der Waals surface area contributed by atoms with Crippen molar-refractivity contribution in [1.82, 2.24) is 14.9 Å². The molecule has 31 heavy (non-hydrogen) atoms. The summed E-state index contributed by atoms with van der Waals surface area (Å²) in [5.74, 6) is -0.911. The Hall–Kier alpha value is -2.28. The molecule has 12 heteroatoms. The normalized spacial score (nSPS) is 20.1. The number of aromatic nitrogens is 2. The van der Waals surface area contributed by atoms with Gasteiger partial charge >= 0.3 is 12.1 Å². The number of alkyl halides is 3. The van der Waals surface area contributed by atoms with Gasteiger partial charge in [-0.3, -0.25) is 4.90 Å². The van der Waals surface area contributed by atoms with E-state index in [1.807, 2.05) is 12.3 Å². The number of ether oxygens (including phenoxy) is 2. The molecule has 2 aliphatic rings. The van der Waals surface area contributed by atoms with Gasteiger partial charge in [0.15, 0.2) is 0 Å². The van der Waals surface area contributed by atoms with E-state index in [1.54, 1.807) is 11.3 Å². The molecule has 0 saturated carbocycles. The van der Waals surface area contributed by atoms with Crippen LogP contribution in [0.4, 0.5) is 19.0 Å². The lowest BCUT2D eigenvalue weighted by Gasteiger charge is -2.35. The molecular weight excluding hydrogens is 437 g/mol. The number of halogens is 3. The fourth-order valence-corrected chi connectivity index (χ4v) is 3.83. The van der Waals surface area contributed by atoms with Gasteiger partial charge in [0, 0.05) is 32.4 Å². The van der Waals surface area contributed by atoms with Crippen molar-refractivity contribution in [1.29, 1.82) is 0 Å². The third-order valence-corrected chi connectivity index (χ3v) is 5.47. The summed E-state index contributed by atoms with van der Waals surface area (Å²) in [7, 11) is 0. The van der Waals surface area contributed by atoms with Crippen molar-refractivity contribution in [2.24, 2.45) is 0 Å². The van der Waals surface area contributed by atoms with Gasteiger partial charge < -0.3 is 19.5 Å². The average molecular weight is 460 g/mol. The quantitative estimate of drug-likeness (QED) is 0.745. The fourth-order valence-electron chi connectivity index (χ4n) is 3.18. The summed E-state index contributed by atoms with van der Waals surface area (Å²) >= 11 is 1.74. The van der Waals surface area contributed by atoms with E-state index in [4.69, 9.17) is 24.4 Å². The fraction of sp³-hybridized carbons (Fsp3) is 0.526. The lowest BCUT2D eigenvalue weighted by Crippen LogP contribution is -2.40. The number of carboxylic acids is 1. The average Bonchev–Trinajstić information content (AvgIpc) is 3.28. The third kappa shape index (κ3) is 6.86. The van der Waals surface area contributed by atoms with Gasteiger partial charge in [0.2, 0.25) is 0 Å². The van der Waals surface area contributed by atoms with Crippen molar-refractivity contribution in [3.8, 4) is 0 Å². The van der Waals surface area contributed by atoms with Crippen molar-refractivity contribution in [2.75, 3.05) is 51.0 Å². The number of carboxylic acid groups (broad SMARTS) is 1. The summed E-state index contributed by atoms with van der Waals surface area (Å²) in [5, 5.41) is 11.5. The first-order chi connectivity index (χ1) is 14.8. The predicted octanol–water partition coefficient (Wildman–Crippen LogP) is 2.58. The van der Waals surface area contributed by atoms with Gasteiger partial charge in [-0.1, -0.05) is 0 Å². The van der Waals surface area contributed by atoms with E-state index in [1.165, 1.54) is 5.56 Å². The SMILES string of the molecule is O=C(O)C(F)(F)F.c1cc(N2CCOCC2)nc(C2COCCN2Cc2ccsc2)n1. The Balaban J connectivity index is 0.000000339. The molecule has 170 valence electrons. The van der Waals surface area contributed by atoms with Crippen LogP contribution in [0.5, 0.6) is 0 Å². The second-order valence-corrected chi connectivity index (χ2v) is 7.65. The maximum Gasteiger partial charge on any atom is 0.490 e. The van der Waals surface area contributed by atoms with Crippen LogP contribution in [0.2, 0.25) is 0 Å². The predicted molar refractivity (Wildman–Crippen MR) is 107 cm³/mol. The summed E-state index contributed by atoms with van der Waals surface area (Å²) in [4.78, 5) is 23.0. The highest BCUT2D eigenvalue weighted by Crippen LogP contribution is 2.25. The molecule has 1 N–H and O–H groups in total. The van der Waals surface area contributed by atoms with Gasteiger partial charge in [0.25, 0.3) is 0 Å². The van der Waals surface area contributed by atoms with Crippen LogP contribution in [0.15, 0.2) is 29.1 Å². The first kappa shape index (κ1) is 23.4. The Kier molecular flexibility index (Phi) is 8.18. The monoisotopic (exact) mass is 460 g/mol.